The Morgan fingerprint density at radius 1 is 1.29 bits per heavy atom. The first kappa shape index (κ1) is 16.4. The molecule has 0 aliphatic heterocycles. The molecule has 0 radical (unpaired) electrons. The first-order valence-corrected chi connectivity index (χ1v) is 5.46. The number of carboxylic acids is 1. The van der Waals surface area contributed by atoms with Crippen LogP contribution in [0, 0.1) is 0 Å². The van der Waals surface area contributed by atoms with Crippen LogP contribution in [0.1, 0.15) is 5.56 Å². The maximum Gasteiger partial charge on any atom is 0.573 e. The van der Waals surface area contributed by atoms with Crippen molar-refractivity contribution in [2.75, 3.05) is 0 Å². The van der Waals surface area contributed by atoms with Gasteiger partial charge in [-0.1, -0.05) is 18.2 Å². The molecule has 0 heterocycles. The van der Waals surface area contributed by atoms with Crippen LogP contribution in [0.2, 0.25) is 0 Å². The highest BCUT2D eigenvalue weighted by molar-refractivity contribution is 5.87. The summed E-state index contributed by atoms with van der Waals surface area (Å²) in [5, 5.41) is 8.69. The molecule has 1 rings (SSSR count). The largest absolute Gasteiger partial charge is 0.573 e. The molecule has 9 heteroatoms. The Bertz CT molecular complexity index is 565. The first-order valence-electron chi connectivity index (χ1n) is 5.46. The lowest BCUT2D eigenvalue weighted by Gasteiger charge is -2.08. The second kappa shape index (κ2) is 6.66. The fourth-order valence-corrected chi connectivity index (χ4v) is 1.29. The molecule has 0 aliphatic rings. The molecule has 0 unspecified atom stereocenters. The summed E-state index contributed by atoms with van der Waals surface area (Å²) in [6, 6.07) is 4.94. The molecule has 114 valence electrons. The van der Waals surface area contributed by atoms with Crippen LogP contribution in [-0.2, 0) is 4.79 Å². The molecule has 1 aromatic carbocycles. The number of ether oxygens (including phenoxy) is 1. The second-order valence-electron chi connectivity index (χ2n) is 3.73. The van der Waals surface area contributed by atoms with Crippen LogP contribution in [0.25, 0.3) is 6.08 Å². The lowest BCUT2D eigenvalue weighted by Crippen LogP contribution is -2.26. The Labute approximate surface area is 117 Å². The zero-order valence-electron chi connectivity index (χ0n) is 10.5. The van der Waals surface area contributed by atoms with E-state index in [0.29, 0.717) is 5.56 Å². The number of carboxylic acid groups (broad SMARTS) is 1. The number of aliphatic carboxylic acids is 1. The predicted molar refractivity (Wildman–Crippen MR) is 68.3 cm³/mol. The smallest absolute Gasteiger partial charge is 0.477 e. The van der Waals surface area contributed by atoms with Crippen LogP contribution in [-0.4, -0.2) is 17.4 Å². The number of nitrogens with one attached hydrogen (secondary N) is 1. The van der Waals surface area contributed by atoms with Gasteiger partial charge in [-0.3, -0.25) is 5.84 Å². The van der Waals surface area contributed by atoms with Gasteiger partial charge in [-0.15, -0.1) is 13.2 Å². The van der Waals surface area contributed by atoms with E-state index in [0.717, 1.165) is 12.1 Å². The number of alkyl halides is 3. The third-order valence-electron chi connectivity index (χ3n) is 2.23. The van der Waals surface area contributed by atoms with Gasteiger partial charge in [0.15, 0.2) is 0 Å². The lowest BCUT2D eigenvalue weighted by molar-refractivity contribution is -0.274. The van der Waals surface area contributed by atoms with Crippen molar-refractivity contribution < 1.29 is 27.8 Å². The lowest BCUT2D eigenvalue weighted by atomic mass is 10.2. The summed E-state index contributed by atoms with van der Waals surface area (Å²) in [6.07, 6.45) is -2.06. The number of allylic oxidation sites excluding steroid dienone is 1. The number of hydrogen-bond acceptors (Lipinski definition) is 5. The van der Waals surface area contributed by atoms with Crippen molar-refractivity contribution in [1.29, 1.82) is 0 Å². The molecule has 0 bridgehead atoms. The second-order valence-corrected chi connectivity index (χ2v) is 3.73. The monoisotopic (exact) mass is 303 g/mol. The number of halogens is 3. The third-order valence-corrected chi connectivity index (χ3v) is 2.23. The van der Waals surface area contributed by atoms with Gasteiger partial charge < -0.3 is 21.0 Å². The van der Waals surface area contributed by atoms with Crippen LogP contribution >= 0.6 is 0 Å². The highest BCUT2D eigenvalue weighted by atomic mass is 19.4. The van der Waals surface area contributed by atoms with Crippen LogP contribution in [0.15, 0.2) is 41.7 Å². The zero-order chi connectivity index (χ0) is 16.0. The average molecular weight is 303 g/mol. The highest BCUT2D eigenvalue weighted by Gasteiger charge is 2.30. The van der Waals surface area contributed by atoms with Crippen molar-refractivity contribution in [3.8, 4) is 5.75 Å². The maximum absolute atomic E-state index is 12.0. The molecule has 6 N–H and O–H groups in total. The molecule has 21 heavy (non-hydrogen) atoms. The van der Waals surface area contributed by atoms with E-state index in [9.17, 15) is 18.0 Å². The van der Waals surface area contributed by atoms with Gasteiger partial charge in [0.25, 0.3) is 0 Å². The van der Waals surface area contributed by atoms with E-state index in [1.807, 2.05) is 0 Å². The van der Waals surface area contributed by atoms with Gasteiger partial charge >= 0.3 is 12.3 Å². The third kappa shape index (κ3) is 5.45. The molecule has 0 fully saturated rings. The molecule has 1 aromatic rings. The normalized spacial score (nSPS) is 13.0. The van der Waals surface area contributed by atoms with E-state index < -0.39 is 18.0 Å². The van der Waals surface area contributed by atoms with Gasteiger partial charge in [0.1, 0.15) is 11.4 Å². The van der Waals surface area contributed by atoms with Gasteiger partial charge in [-0.2, -0.15) is 0 Å². The molecule has 0 amide bonds. The minimum absolute atomic E-state index is 0.0434. The van der Waals surface area contributed by atoms with E-state index in [4.69, 9.17) is 16.7 Å². The quantitative estimate of drug-likeness (QED) is 0.282. The topological polar surface area (TPSA) is 111 Å². The first-order chi connectivity index (χ1) is 9.73. The van der Waals surface area contributed by atoms with Gasteiger partial charge in [0.05, 0.1) is 5.70 Å². The minimum atomic E-state index is -4.76. The Morgan fingerprint density at radius 3 is 2.29 bits per heavy atom. The Morgan fingerprint density at radius 2 is 1.86 bits per heavy atom. The van der Waals surface area contributed by atoms with Crippen LogP contribution in [0.3, 0.4) is 0 Å². The number of hydrazine groups is 1. The summed E-state index contributed by atoms with van der Waals surface area (Å²) in [6.45, 7) is 0. The van der Waals surface area contributed by atoms with Gasteiger partial charge in [-0.25, -0.2) is 4.79 Å². The van der Waals surface area contributed by atoms with Crippen molar-refractivity contribution in [3.63, 3.8) is 0 Å². The molecular weight excluding hydrogens is 291 g/mol. The van der Waals surface area contributed by atoms with Crippen LogP contribution in [0.4, 0.5) is 13.2 Å². The molecule has 0 saturated carbocycles. The van der Waals surface area contributed by atoms with Crippen molar-refractivity contribution in [1.82, 2.24) is 5.43 Å². The summed E-state index contributed by atoms with van der Waals surface area (Å²) in [7, 11) is 0. The van der Waals surface area contributed by atoms with Crippen molar-refractivity contribution in [2.24, 2.45) is 11.6 Å². The number of benzene rings is 1. The van der Waals surface area contributed by atoms with Crippen LogP contribution < -0.4 is 21.7 Å². The van der Waals surface area contributed by atoms with Crippen molar-refractivity contribution in [3.05, 3.63) is 47.3 Å². The predicted octanol–water partition coefficient (Wildman–Crippen LogP) is 1.32. The fraction of sp³-hybridized carbons (Fsp3) is 0.0833. The number of carbonyl (C=O) groups is 1. The molecule has 0 aromatic heterocycles. The van der Waals surface area contributed by atoms with E-state index in [1.54, 1.807) is 0 Å². The van der Waals surface area contributed by atoms with E-state index in [2.05, 4.69) is 10.2 Å². The molecular formula is C12H12F3N3O3. The maximum atomic E-state index is 12.0. The van der Waals surface area contributed by atoms with Crippen LogP contribution in [0.5, 0.6) is 5.75 Å². The summed E-state index contributed by atoms with van der Waals surface area (Å²) in [4.78, 5) is 10.7. The van der Waals surface area contributed by atoms with Gasteiger partial charge in [0, 0.05) is 0 Å². The zero-order valence-corrected chi connectivity index (χ0v) is 10.5. The molecule has 0 aliphatic carbocycles. The van der Waals surface area contributed by atoms with Crippen molar-refractivity contribution >= 4 is 12.0 Å². The standard InChI is InChI=1S/C12H12F3N3O3/c13-12(14,15)21-8-4-1-7(2-5-8)3-6-9(18-17)10(16)11(19)20/h1-6,18H,16-17H2,(H,19,20)/b6-3+,10-9-. The summed E-state index contributed by atoms with van der Waals surface area (Å²) in [5.74, 6) is 3.40. The van der Waals surface area contributed by atoms with E-state index >= 15 is 0 Å². The van der Waals surface area contributed by atoms with E-state index in [1.165, 1.54) is 24.3 Å². The summed E-state index contributed by atoms with van der Waals surface area (Å²) >= 11 is 0. The number of nitrogens with two attached hydrogens (primary N) is 2. The molecule has 0 spiro atoms. The van der Waals surface area contributed by atoms with E-state index in [-0.39, 0.29) is 11.4 Å². The molecule has 0 atom stereocenters. The highest BCUT2D eigenvalue weighted by Crippen LogP contribution is 2.23. The summed E-state index contributed by atoms with van der Waals surface area (Å²) in [5.41, 5.74) is 7.34. The Hall–Kier alpha value is -2.68. The van der Waals surface area contributed by atoms with Gasteiger partial charge in [0.2, 0.25) is 0 Å². The molecule has 6 nitrogen and oxygen atoms in total. The van der Waals surface area contributed by atoms with Gasteiger partial charge in [-0.05, 0) is 23.8 Å². The van der Waals surface area contributed by atoms with Crippen molar-refractivity contribution in [2.45, 2.75) is 6.36 Å². The minimum Gasteiger partial charge on any atom is -0.477 e. The Kier molecular flexibility index (Phi) is 5.19. The summed E-state index contributed by atoms with van der Waals surface area (Å²) < 4.78 is 39.6. The number of rotatable bonds is 5. The SMILES string of the molecule is NNC(/C=C/c1ccc(OC(F)(F)F)cc1)=C(\N)C(=O)O. The molecule has 0 saturated heterocycles. The number of hydrogen-bond donors (Lipinski definition) is 4. The average Bonchev–Trinajstić information content (AvgIpc) is 2.39. The Balaban J connectivity index is 2.86. The fourth-order valence-electron chi connectivity index (χ4n) is 1.29.